The number of rotatable bonds is 71. The van der Waals surface area contributed by atoms with E-state index in [1.807, 2.05) is 0 Å². The summed E-state index contributed by atoms with van der Waals surface area (Å²) in [5.41, 5.74) is 0. The smallest absolute Gasteiger partial charge is 0.462 e. The maximum absolute atomic E-state index is 13.1. The molecule has 0 aliphatic heterocycles. The molecule has 0 rings (SSSR count). The summed E-state index contributed by atoms with van der Waals surface area (Å²) >= 11 is 0. The lowest BCUT2D eigenvalue weighted by Crippen LogP contribution is -2.30. The topological polar surface area (TPSA) is 237 Å². The second kappa shape index (κ2) is 63.5. The molecule has 0 spiro atoms. The largest absolute Gasteiger partial charge is 0.472 e. The van der Waals surface area contributed by atoms with Gasteiger partial charge in [0.05, 0.1) is 26.4 Å². The van der Waals surface area contributed by atoms with E-state index in [1.165, 1.54) is 167 Å². The van der Waals surface area contributed by atoms with Crippen molar-refractivity contribution in [3.05, 3.63) is 0 Å². The molecule has 0 aromatic rings. The summed E-state index contributed by atoms with van der Waals surface area (Å²) in [5, 5.41) is 10.6. The van der Waals surface area contributed by atoms with Gasteiger partial charge in [-0.15, -0.1) is 0 Å². The van der Waals surface area contributed by atoms with Crippen LogP contribution in [-0.2, 0) is 65.4 Å². The highest BCUT2D eigenvalue weighted by Gasteiger charge is 2.30. The lowest BCUT2D eigenvalue weighted by molar-refractivity contribution is -0.161. The van der Waals surface area contributed by atoms with Gasteiger partial charge in [0.25, 0.3) is 0 Å². The van der Waals surface area contributed by atoms with Crippen LogP contribution in [0.2, 0.25) is 0 Å². The zero-order chi connectivity index (χ0) is 68.9. The van der Waals surface area contributed by atoms with Gasteiger partial charge in [0, 0.05) is 25.7 Å². The van der Waals surface area contributed by atoms with Crippen LogP contribution < -0.4 is 0 Å². The number of phosphoric acid groups is 2. The van der Waals surface area contributed by atoms with Crippen molar-refractivity contribution in [3.8, 4) is 0 Å². The third-order valence-corrected chi connectivity index (χ3v) is 19.0. The Kier molecular flexibility index (Phi) is 62.2. The van der Waals surface area contributed by atoms with Gasteiger partial charge in [0.2, 0.25) is 0 Å². The Hall–Kier alpha value is -1.94. The molecule has 0 fully saturated rings. The van der Waals surface area contributed by atoms with E-state index in [9.17, 15) is 43.2 Å². The Morgan fingerprint density at radius 1 is 0.269 bits per heavy atom. The van der Waals surface area contributed by atoms with E-state index in [-0.39, 0.29) is 25.7 Å². The third-order valence-electron chi connectivity index (χ3n) is 17.1. The van der Waals surface area contributed by atoms with Gasteiger partial charge < -0.3 is 33.8 Å². The van der Waals surface area contributed by atoms with Crippen LogP contribution in [0.25, 0.3) is 0 Å². The molecule has 0 radical (unpaired) electrons. The van der Waals surface area contributed by atoms with Crippen molar-refractivity contribution >= 4 is 39.5 Å². The zero-order valence-electron chi connectivity index (χ0n) is 60.9. The third kappa shape index (κ3) is 68.4. The van der Waals surface area contributed by atoms with E-state index >= 15 is 0 Å². The van der Waals surface area contributed by atoms with Crippen molar-refractivity contribution in [2.75, 3.05) is 39.6 Å². The molecule has 3 N–H and O–H groups in total. The SMILES string of the molecule is CC(C)CCCCCCCCCCCCCCCC(=O)O[C@H](COC(=O)CCCCCCCCC(C)C)COP(=O)(O)OC[C@H](O)COP(=O)(O)OC[C@@H](COC(=O)CCCCCCCCCCCCCC(C)C)OC(=O)CCCCCCCCCCCCCC(C)C. The lowest BCUT2D eigenvalue weighted by Gasteiger charge is -2.21. The van der Waals surface area contributed by atoms with Crippen molar-refractivity contribution < 1.29 is 80.2 Å². The molecule has 0 aromatic heterocycles. The van der Waals surface area contributed by atoms with Crippen molar-refractivity contribution in [2.24, 2.45) is 23.7 Å². The number of esters is 4. The number of phosphoric ester groups is 2. The molecule has 0 aliphatic carbocycles. The van der Waals surface area contributed by atoms with Crippen LogP contribution in [0.15, 0.2) is 0 Å². The van der Waals surface area contributed by atoms with Crippen LogP contribution in [0.4, 0.5) is 0 Å². The van der Waals surface area contributed by atoms with Crippen LogP contribution in [0.3, 0.4) is 0 Å². The van der Waals surface area contributed by atoms with Crippen LogP contribution >= 0.6 is 15.6 Å². The maximum Gasteiger partial charge on any atom is 0.472 e. The number of carbonyl (C=O) groups excluding carboxylic acids is 4. The maximum atomic E-state index is 13.1. The van der Waals surface area contributed by atoms with Crippen LogP contribution in [0.1, 0.15) is 370 Å². The first-order valence-corrected chi connectivity index (χ1v) is 41.2. The standard InChI is InChI=1S/C74H144O17P2/c1-64(2)50-42-34-26-20-14-10-9-11-17-24-30-40-48-56-73(78)91-70(61-85-72(77)55-47-39-33-32-37-45-53-67(7)8)63-89-93(82,83)87-59-68(75)58-86-92(80,81)88-62-69(90-74(79)57-49-41-31-25-19-13-16-22-28-36-44-52-66(5)6)60-84-71(76)54-46-38-29-23-18-12-15-21-27-35-43-51-65(3)4/h64-70,75H,9-63H2,1-8H3,(H,80,81)(H,82,83)/t68-,69-,70-/m1/s1. The monoisotopic (exact) mass is 1370 g/mol. The molecule has 93 heavy (non-hydrogen) atoms. The van der Waals surface area contributed by atoms with Gasteiger partial charge in [-0.1, -0.05) is 319 Å². The summed E-state index contributed by atoms with van der Waals surface area (Å²) in [6.45, 7) is 14.1. The molecule has 0 saturated heterocycles. The van der Waals surface area contributed by atoms with Gasteiger partial charge in [0.1, 0.15) is 19.3 Å². The molecule has 0 heterocycles. The second-order valence-electron chi connectivity index (χ2n) is 28.6. The summed E-state index contributed by atoms with van der Waals surface area (Å²) < 4.78 is 68.4. The summed E-state index contributed by atoms with van der Waals surface area (Å²) in [7, 11) is -9.91. The lowest BCUT2D eigenvalue weighted by atomic mass is 10.0. The van der Waals surface area contributed by atoms with E-state index in [0.29, 0.717) is 31.6 Å². The molecule has 0 bridgehead atoms. The van der Waals surface area contributed by atoms with Gasteiger partial charge >= 0.3 is 39.5 Å². The second-order valence-corrected chi connectivity index (χ2v) is 31.5. The Labute approximate surface area is 568 Å². The fourth-order valence-electron chi connectivity index (χ4n) is 11.2. The number of aliphatic hydroxyl groups is 1. The quantitative estimate of drug-likeness (QED) is 0.0222. The fourth-order valence-corrected chi connectivity index (χ4v) is 12.8. The first-order chi connectivity index (χ1) is 44.6. The molecule has 0 aromatic carbocycles. The Bertz CT molecular complexity index is 1830. The first-order valence-electron chi connectivity index (χ1n) is 38.2. The average molecular weight is 1370 g/mol. The molecular formula is C74H144O17P2. The molecule has 0 saturated carbocycles. The van der Waals surface area contributed by atoms with Crippen molar-refractivity contribution in [1.82, 2.24) is 0 Å². The number of hydrogen-bond acceptors (Lipinski definition) is 15. The van der Waals surface area contributed by atoms with E-state index in [2.05, 4.69) is 55.4 Å². The van der Waals surface area contributed by atoms with Crippen LogP contribution in [-0.4, -0.2) is 96.7 Å². The number of hydrogen-bond donors (Lipinski definition) is 3. The molecule has 2 unspecified atom stereocenters. The molecule has 552 valence electrons. The summed E-state index contributed by atoms with van der Waals surface area (Å²) in [6.07, 6.45) is 47.3. The highest BCUT2D eigenvalue weighted by Crippen LogP contribution is 2.45. The van der Waals surface area contributed by atoms with Crippen molar-refractivity contribution in [1.29, 1.82) is 0 Å². The highest BCUT2D eigenvalue weighted by molar-refractivity contribution is 7.47. The molecule has 0 aliphatic rings. The summed E-state index contributed by atoms with van der Waals surface area (Å²) in [4.78, 5) is 72.7. The predicted molar refractivity (Wildman–Crippen MR) is 377 cm³/mol. The molecular weight excluding hydrogens is 1220 g/mol. The minimum Gasteiger partial charge on any atom is -0.462 e. The number of aliphatic hydroxyl groups excluding tert-OH is 1. The Balaban J connectivity index is 5.24. The first kappa shape index (κ1) is 91.1. The number of carbonyl (C=O) groups is 4. The minimum atomic E-state index is -4.96. The highest BCUT2D eigenvalue weighted by atomic mass is 31.2. The van der Waals surface area contributed by atoms with Gasteiger partial charge in [-0.3, -0.25) is 37.3 Å². The molecule has 17 nitrogen and oxygen atoms in total. The van der Waals surface area contributed by atoms with Gasteiger partial charge in [-0.25, -0.2) is 9.13 Å². The minimum absolute atomic E-state index is 0.106. The number of ether oxygens (including phenoxy) is 4. The van der Waals surface area contributed by atoms with Crippen molar-refractivity contribution in [2.45, 2.75) is 388 Å². The Morgan fingerprint density at radius 2 is 0.452 bits per heavy atom. The molecule has 0 amide bonds. The van der Waals surface area contributed by atoms with Gasteiger partial charge in [0.15, 0.2) is 12.2 Å². The Morgan fingerprint density at radius 3 is 0.667 bits per heavy atom. The summed E-state index contributed by atoms with van der Waals surface area (Å²) in [6, 6.07) is 0. The predicted octanol–water partition coefficient (Wildman–Crippen LogP) is 21.3. The normalized spacial score (nSPS) is 14.2. The van der Waals surface area contributed by atoms with E-state index in [1.54, 1.807) is 0 Å². The van der Waals surface area contributed by atoms with E-state index < -0.39 is 97.5 Å². The molecule has 5 atom stereocenters. The zero-order valence-corrected chi connectivity index (χ0v) is 62.7. The van der Waals surface area contributed by atoms with Gasteiger partial charge in [-0.05, 0) is 49.4 Å². The number of unbranched alkanes of at least 4 members (excludes halogenated alkanes) is 37. The van der Waals surface area contributed by atoms with Crippen molar-refractivity contribution in [3.63, 3.8) is 0 Å². The summed E-state index contributed by atoms with van der Waals surface area (Å²) in [5.74, 6) is 0.878. The molecule has 19 heteroatoms. The van der Waals surface area contributed by atoms with Crippen LogP contribution in [0, 0.1) is 23.7 Å². The fraction of sp³-hybridized carbons (Fsp3) is 0.946. The van der Waals surface area contributed by atoms with E-state index in [4.69, 9.17) is 37.0 Å². The van der Waals surface area contributed by atoms with Gasteiger partial charge in [-0.2, -0.15) is 0 Å². The van der Waals surface area contributed by atoms with Crippen LogP contribution in [0.5, 0.6) is 0 Å². The van der Waals surface area contributed by atoms with E-state index in [0.717, 1.165) is 114 Å². The average Bonchev–Trinajstić information content (AvgIpc) is 1.91.